The van der Waals surface area contributed by atoms with E-state index in [1.807, 2.05) is 31.2 Å². The molecule has 1 fully saturated rings. The summed E-state index contributed by atoms with van der Waals surface area (Å²) in [4.78, 5) is 24.2. The highest BCUT2D eigenvalue weighted by atomic mass is 16.3. The van der Waals surface area contributed by atoms with Crippen molar-refractivity contribution in [3.05, 3.63) is 29.8 Å². The molecule has 96 valence electrons. The molecule has 2 N–H and O–H groups in total. The van der Waals surface area contributed by atoms with E-state index >= 15 is 0 Å². The summed E-state index contributed by atoms with van der Waals surface area (Å²) in [6, 6.07) is 7.28. The molecule has 1 aromatic rings. The minimum atomic E-state index is -0.467. The second kappa shape index (κ2) is 5.18. The number of imide groups is 1. The van der Waals surface area contributed by atoms with E-state index in [-0.39, 0.29) is 24.9 Å². The lowest BCUT2D eigenvalue weighted by Gasteiger charge is -2.27. The largest absolute Gasteiger partial charge is 0.388 e. The maximum atomic E-state index is 11.3. The first-order valence-corrected chi connectivity index (χ1v) is 5.96. The number of aliphatic hydroxyl groups excluding tert-OH is 1. The molecule has 1 saturated heterocycles. The third kappa shape index (κ3) is 2.68. The first-order chi connectivity index (χ1) is 8.60. The highest BCUT2D eigenvalue weighted by molar-refractivity contribution is 6.02. The molecule has 0 unspecified atom stereocenters. The molecular formula is C13H16N2O3. The number of nitrogens with one attached hydrogen (secondary N) is 1. The summed E-state index contributed by atoms with van der Waals surface area (Å²) in [6.45, 7) is 2.27. The van der Waals surface area contributed by atoms with Gasteiger partial charge in [-0.25, -0.2) is 0 Å². The van der Waals surface area contributed by atoms with E-state index in [1.54, 1.807) is 4.90 Å². The van der Waals surface area contributed by atoms with Crippen LogP contribution in [-0.2, 0) is 9.59 Å². The number of anilines is 1. The van der Waals surface area contributed by atoms with E-state index in [4.69, 9.17) is 0 Å². The Hall–Kier alpha value is -1.88. The van der Waals surface area contributed by atoms with Crippen LogP contribution < -0.4 is 10.2 Å². The second-order valence-corrected chi connectivity index (χ2v) is 4.34. The Balaban J connectivity index is 2.14. The Kier molecular flexibility index (Phi) is 3.62. The lowest BCUT2D eigenvalue weighted by molar-refractivity contribution is -0.130. The van der Waals surface area contributed by atoms with Gasteiger partial charge in [-0.2, -0.15) is 0 Å². The highest BCUT2D eigenvalue weighted by Crippen LogP contribution is 2.21. The fourth-order valence-corrected chi connectivity index (χ4v) is 1.96. The fraction of sp³-hybridized carbons (Fsp3) is 0.385. The van der Waals surface area contributed by atoms with Crippen LogP contribution in [0.25, 0.3) is 0 Å². The van der Waals surface area contributed by atoms with Gasteiger partial charge < -0.3 is 10.0 Å². The Morgan fingerprint density at radius 2 is 1.78 bits per heavy atom. The third-order valence-electron chi connectivity index (χ3n) is 2.98. The van der Waals surface area contributed by atoms with Crippen molar-refractivity contribution < 1.29 is 14.7 Å². The van der Waals surface area contributed by atoms with E-state index in [1.165, 1.54) is 0 Å². The Morgan fingerprint density at radius 1 is 1.22 bits per heavy atom. The third-order valence-corrected chi connectivity index (χ3v) is 2.98. The van der Waals surface area contributed by atoms with Crippen LogP contribution in [0.1, 0.15) is 25.0 Å². The number of piperazine rings is 1. The molecule has 0 spiro atoms. The van der Waals surface area contributed by atoms with Crippen LogP contribution >= 0.6 is 0 Å². The maximum absolute atomic E-state index is 11.3. The second-order valence-electron chi connectivity index (χ2n) is 4.34. The van der Waals surface area contributed by atoms with Crippen molar-refractivity contribution in [1.82, 2.24) is 5.32 Å². The van der Waals surface area contributed by atoms with Crippen molar-refractivity contribution in [3.8, 4) is 0 Å². The van der Waals surface area contributed by atoms with Gasteiger partial charge in [-0.1, -0.05) is 19.1 Å². The average Bonchev–Trinajstić information content (AvgIpc) is 2.37. The molecule has 0 saturated carbocycles. The van der Waals surface area contributed by atoms with E-state index in [9.17, 15) is 14.7 Å². The van der Waals surface area contributed by atoms with Gasteiger partial charge >= 0.3 is 0 Å². The van der Waals surface area contributed by atoms with E-state index in [0.717, 1.165) is 11.3 Å². The Labute approximate surface area is 105 Å². The normalized spacial score (nSPS) is 17.6. The number of amides is 2. The summed E-state index contributed by atoms with van der Waals surface area (Å²) >= 11 is 0. The summed E-state index contributed by atoms with van der Waals surface area (Å²) in [6.07, 6.45) is 0.189. The fourth-order valence-electron chi connectivity index (χ4n) is 1.96. The molecule has 5 heteroatoms. The SMILES string of the molecule is CC[C@H](O)c1ccc(N2CC(=O)NC(=O)C2)cc1. The number of aliphatic hydroxyl groups is 1. The topological polar surface area (TPSA) is 69.6 Å². The summed E-state index contributed by atoms with van der Waals surface area (Å²) in [5.74, 6) is -0.576. The highest BCUT2D eigenvalue weighted by Gasteiger charge is 2.22. The van der Waals surface area contributed by atoms with Crippen molar-refractivity contribution in [3.63, 3.8) is 0 Å². The van der Waals surface area contributed by atoms with Crippen LogP contribution in [0.4, 0.5) is 5.69 Å². The molecule has 2 amide bonds. The summed E-state index contributed by atoms with van der Waals surface area (Å²) in [7, 11) is 0. The van der Waals surface area contributed by atoms with Crippen molar-refractivity contribution in [1.29, 1.82) is 0 Å². The predicted molar refractivity (Wildman–Crippen MR) is 67.1 cm³/mol. The summed E-state index contributed by atoms with van der Waals surface area (Å²) in [5, 5.41) is 11.9. The van der Waals surface area contributed by atoms with Crippen molar-refractivity contribution in [2.75, 3.05) is 18.0 Å². The molecule has 0 aliphatic carbocycles. The molecule has 18 heavy (non-hydrogen) atoms. The van der Waals surface area contributed by atoms with E-state index in [0.29, 0.717) is 6.42 Å². The number of carbonyl (C=O) groups is 2. The number of benzene rings is 1. The first-order valence-electron chi connectivity index (χ1n) is 5.96. The average molecular weight is 248 g/mol. The van der Waals surface area contributed by atoms with Gasteiger partial charge in [0.05, 0.1) is 19.2 Å². The van der Waals surface area contributed by atoms with Crippen LogP contribution in [0, 0.1) is 0 Å². The van der Waals surface area contributed by atoms with Gasteiger partial charge in [0.1, 0.15) is 0 Å². The van der Waals surface area contributed by atoms with Gasteiger partial charge in [0.25, 0.3) is 0 Å². The Morgan fingerprint density at radius 3 is 2.28 bits per heavy atom. The summed E-state index contributed by atoms with van der Waals surface area (Å²) < 4.78 is 0. The minimum absolute atomic E-state index is 0.182. The van der Waals surface area contributed by atoms with Gasteiger partial charge in [0.15, 0.2) is 0 Å². The van der Waals surface area contributed by atoms with Gasteiger partial charge in [-0.05, 0) is 24.1 Å². The quantitative estimate of drug-likeness (QED) is 0.768. The van der Waals surface area contributed by atoms with Gasteiger partial charge in [-0.3, -0.25) is 14.9 Å². The smallest absolute Gasteiger partial charge is 0.246 e. The molecule has 0 aromatic heterocycles. The molecule has 5 nitrogen and oxygen atoms in total. The molecule has 2 rings (SSSR count). The molecule has 1 heterocycles. The maximum Gasteiger partial charge on any atom is 0.246 e. The number of rotatable bonds is 3. The first kappa shape index (κ1) is 12.6. The molecule has 0 radical (unpaired) electrons. The summed E-state index contributed by atoms with van der Waals surface area (Å²) in [5.41, 5.74) is 1.65. The zero-order valence-electron chi connectivity index (χ0n) is 10.2. The Bertz CT molecular complexity index is 440. The lowest BCUT2D eigenvalue weighted by Crippen LogP contribution is -2.51. The zero-order valence-corrected chi connectivity index (χ0v) is 10.2. The van der Waals surface area contributed by atoms with Crippen molar-refractivity contribution in [2.24, 2.45) is 0 Å². The monoisotopic (exact) mass is 248 g/mol. The molecular weight excluding hydrogens is 232 g/mol. The number of hydrogen-bond donors (Lipinski definition) is 2. The van der Waals surface area contributed by atoms with Crippen LogP contribution in [0.3, 0.4) is 0 Å². The molecule has 0 bridgehead atoms. The van der Waals surface area contributed by atoms with Gasteiger partial charge in [-0.15, -0.1) is 0 Å². The number of hydrogen-bond acceptors (Lipinski definition) is 4. The predicted octanol–water partition coefficient (Wildman–Crippen LogP) is 0.593. The standard InChI is InChI=1S/C13H16N2O3/c1-2-11(16)9-3-5-10(6-4-9)15-7-12(17)14-13(18)8-15/h3-6,11,16H,2,7-8H2,1H3,(H,14,17,18)/t11-/m0/s1. The van der Waals surface area contributed by atoms with Gasteiger partial charge in [0.2, 0.25) is 11.8 Å². The van der Waals surface area contributed by atoms with Crippen molar-refractivity contribution >= 4 is 17.5 Å². The lowest BCUT2D eigenvalue weighted by atomic mass is 10.1. The number of carbonyl (C=O) groups excluding carboxylic acids is 2. The number of nitrogens with zero attached hydrogens (tertiary/aromatic N) is 1. The van der Waals surface area contributed by atoms with Crippen LogP contribution in [-0.4, -0.2) is 30.0 Å². The molecule has 1 aliphatic rings. The van der Waals surface area contributed by atoms with Gasteiger partial charge in [0, 0.05) is 5.69 Å². The zero-order chi connectivity index (χ0) is 13.1. The van der Waals surface area contributed by atoms with Crippen LogP contribution in [0.2, 0.25) is 0 Å². The molecule has 1 aliphatic heterocycles. The van der Waals surface area contributed by atoms with E-state index in [2.05, 4.69) is 5.32 Å². The minimum Gasteiger partial charge on any atom is -0.388 e. The molecule has 1 atom stereocenters. The van der Waals surface area contributed by atoms with Crippen LogP contribution in [0.15, 0.2) is 24.3 Å². The molecule has 1 aromatic carbocycles. The van der Waals surface area contributed by atoms with Crippen LogP contribution in [0.5, 0.6) is 0 Å². The van der Waals surface area contributed by atoms with E-state index < -0.39 is 6.10 Å². The van der Waals surface area contributed by atoms with Crippen molar-refractivity contribution in [2.45, 2.75) is 19.4 Å².